The van der Waals surface area contributed by atoms with Crippen molar-refractivity contribution in [3.63, 3.8) is 0 Å². The van der Waals surface area contributed by atoms with Crippen LogP contribution < -0.4 is 10.1 Å². The lowest BCUT2D eigenvalue weighted by Gasteiger charge is -2.15. The fraction of sp³-hybridized carbons (Fsp3) is 0.167. The Kier molecular flexibility index (Phi) is 5.29. The van der Waals surface area contributed by atoms with Crippen molar-refractivity contribution in [1.29, 1.82) is 0 Å². The van der Waals surface area contributed by atoms with Crippen molar-refractivity contribution in [3.8, 4) is 11.4 Å². The van der Waals surface area contributed by atoms with Gasteiger partial charge in [-0.2, -0.15) is 5.10 Å². The molecule has 0 aliphatic rings. The first-order valence-corrected chi connectivity index (χ1v) is 9.63. The van der Waals surface area contributed by atoms with E-state index in [9.17, 15) is 4.79 Å². The second-order valence-corrected chi connectivity index (χ2v) is 7.02. The fourth-order valence-electron chi connectivity index (χ4n) is 3.44. The maximum Gasteiger partial charge on any atom is 0.258 e. The van der Waals surface area contributed by atoms with E-state index in [1.807, 2.05) is 91.3 Å². The first-order valence-electron chi connectivity index (χ1n) is 9.63. The smallest absolute Gasteiger partial charge is 0.258 e. The lowest BCUT2D eigenvalue weighted by Crippen LogP contribution is -2.31. The van der Waals surface area contributed by atoms with Crippen molar-refractivity contribution in [2.24, 2.45) is 0 Å². The van der Waals surface area contributed by atoms with Gasteiger partial charge in [0.2, 0.25) is 0 Å². The zero-order chi connectivity index (χ0) is 20.2. The largest absolute Gasteiger partial charge is 0.484 e. The molecule has 29 heavy (non-hydrogen) atoms. The summed E-state index contributed by atoms with van der Waals surface area (Å²) in [6.45, 7) is 3.92. The van der Waals surface area contributed by atoms with E-state index in [4.69, 9.17) is 4.74 Å². The Hall–Kier alpha value is -3.60. The number of benzene rings is 3. The summed E-state index contributed by atoms with van der Waals surface area (Å²) in [5.41, 5.74) is 2.97. The third-order valence-electron chi connectivity index (χ3n) is 4.98. The van der Waals surface area contributed by atoms with Crippen LogP contribution in [0.2, 0.25) is 0 Å². The molecule has 3 aromatic carbocycles. The number of carbonyl (C=O) groups is 1. The molecule has 0 fully saturated rings. The van der Waals surface area contributed by atoms with Crippen molar-refractivity contribution in [2.75, 3.05) is 6.61 Å². The Bertz CT molecular complexity index is 1140. The monoisotopic (exact) mass is 385 g/mol. The predicted molar refractivity (Wildman–Crippen MR) is 114 cm³/mol. The van der Waals surface area contributed by atoms with E-state index in [1.165, 1.54) is 0 Å². The minimum Gasteiger partial charge on any atom is -0.484 e. The molecule has 4 rings (SSSR count). The second-order valence-electron chi connectivity index (χ2n) is 7.02. The molecule has 146 valence electrons. The summed E-state index contributed by atoms with van der Waals surface area (Å²) < 4.78 is 7.56. The Morgan fingerprint density at radius 1 is 1.03 bits per heavy atom. The molecule has 0 aliphatic carbocycles. The first-order chi connectivity index (χ1) is 14.1. The second kappa shape index (κ2) is 8.19. The van der Waals surface area contributed by atoms with Gasteiger partial charge in [-0.3, -0.25) is 4.79 Å². The SMILES string of the molecule is Cc1c(C(C)NC(=O)COc2ccc3ccccc3c2)cnn1-c1ccccc1. The molecule has 1 unspecified atom stereocenters. The van der Waals surface area contributed by atoms with Crippen LogP contribution in [0.3, 0.4) is 0 Å². The highest BCUT2D eigenvalue weighted by atomic mass is 16.5. The molecule has 0 radical (unpaired) electrons. The van der Waals surface area contributed by atoms with Gasteiger partial charge in [0.25, 0.3) is 5.91 Å². The lowest BCUT2D eigenvalue weighted by molar-refractivity contribution is -0.123. The summed E-state index contributed by atoms with van der Waals surface area (Å²) in [6.07, 6.45) is 1.80. The van der Waals surface area contributed by atoms with Crippen LogP contribution in [0.5, 0.6) is 5.75 Å². The standard InChI is InChI=1S/C24H23N3O2/c1-17(23-15-25-27(18(23)2)21-10-4-3-5-11-21)26-24(28)16-29-22-13-12-19-8-6-7-9-20(19)14-22/h3-15,17H,16H2,1-2H3,(H,26,28). The Labute approximate surface area is 169 Å². The van der Waals surface area contributed by atoms with Crippen molar-refractivity contribution < 1.29 is 9.53 Å². The van der Waals surface area contributed by atoms with E-state index in [0.29, 0.717) is 5.75 Å². The molecule has 0 aliphatic heterocycles. The molecule has 1 atom stereocenters. The number of aromatic nitrogens is 2. The molecule has 1 amide bonds. The fourth-order valence-corrected chi connectivity index (χ4v) is 3.44. The van der Waals surface area contributed by atoms with Crippen LogP contribution in [0.15, 0.2) is 79.0 Å². The minimum atomic E-state index is -0.169. The van der Waals surface area contributed by atoms with E-state index in [2.05, 4.69) is 10.4 Å². The number of nitrogens with zero attached hydrogens (tertiary/aromatic N) is 2. The third-order valence-corrected chi connectivity index (χ3v) is 4.98. The summed E-state index contributed by atoms with van der Waals surface area (Å²) in [5, 5.41) is 9.69. The lowest BCUT2D eigenvalue weighted by atomic mass is 10.1. The summed E-state index contributed by atoms with van der Waals surface area (Å²) >= 11 is 0. The highest BCUT2D eigenvalue weighted by molar-refractivity contribution is 5.84. The van der Waals surface area contributed by atoms with Gasteiger partial charge in [0, 0.05) is 11.3 Å². The highest BCUT2D eigenvalue weighted by Gasteiger charge is 2.16. The summed E-state index contributed by atoms with van der Waals surface area (Å²) in [7, 11) is 0. The third kappa shape index (κ3) is 4.14. The van der Waals surface area contributed by atoms with Gasteiger partial charge in [0.15, 0.2) is 6.61 Å². The number of fused-ring (bicyclic) bond motifs is 1. The van der Waals surface area contributed by atoms with Crippen LogP contribution in [0.25, 0.3) is 16.5 Å². The van der Waals surface area contributed by atoms with Crippen molar-refractivity contribution in [1.82, 2.24) is 15.1 Å². The van der Waals surface area contributed by atoms with Gasteiger partial charge in [-0.05, 0) is 48.9 Å². The van der Waals surface area contributed by atoms with Gasteiger partial charge in [0.1, 0.15) is 5.75 Å². The van der Waals surface area contributed by atoms with E-state index in [1.54, 1.807) is 6.20 Å². The van der Waals surface area contributed by atoms with Crippen LogP contribution in [0.1, 0.15) is 24.2 Å². The van der Waals surface area contributed by atoms with Crippen LogP contribution in [0, 0.1) is 6.92 Å². The Morgan fingerprint density at radius 2 is 1.76 bits per heavy atom. The number of nitrogens with one attached hydrogen (secondary N) is 1. The van der Waals surface area contributed by atoms with E-state index >= 15 is 0 Å². The van der Waals surface area contributed by atoms with Crippen molar-refractivity contribution in [3.05, 3.63) is 90.3 Å². The van der Waals surface area contributed by atoms with Crippen molar-refractivity contribution in [2.45, 2.75) is 19.9 Å². The normalized spacial score (nSPS) is 11.9. The topological polar surface area (TPSA) is 56.1 Å². The van der Waals surface area contributed by atoms with Crippen LogP contribution in [-0.4, -0.2) is 22.3 Å². The Morgan fingerprint density at radius 3 is 2.55 bits per heavy atom. The van der Waals surface area contributed by atoms with E-state index in [-0.39, 0.29) is 18.6 Å². The van der Waals surface area contributed by atoms with E-state index < -0.39 is 0 Å². The van der Waals surface area contributed by atoms with Crippen LogP contribution in [-0.2, 0) is 4.79 Å². The van der Waals surface area contributed by atoms with Crippen molar-refractivity contribution >= 4 is 16.7 Å². The zero-order valence-corrected chi connectivity index (χ0v) is 16.5. The molecule has 1 heterocycles. The molecule has 5 nitrogen and oxygen atoms in total. The average Bonchev–Trinajstić information content (AvgIpc) is 3.14. The van der Waals surface area contributed by atoms with Gasteiger partial charge in [-0.1, -0.05) is 48.5 Å². The molecular weight excluding hydrogens is 362 g/mol. The Balaban J connectivity index is 1.38. The highest BCUT2D eigenvalue weighted by Crippen LogP contribution is 2.21. The number of hydrogen-bond donors (Lipinski definition) is 1. The van der Waals surface area contributed by atoms with Crippen LogP contribution >= 0.6 is 0 Å². The summed E-state index contributed by atoms with van der Waals surface area (Å²) in [5.74, 6) is 0.511. The molecule has 0 spiro atoms. The zero-order valence-electron chi connectivity index (χ0n) is 16.5. The van der Waals surface area contributed by atoms with Gasteiger partial charge in [-0.25, -0.2) is 4.68 Å². The van der Waals surface area contributed by atoms with Crippen LogP contribution in [0.4, 0.5) is 0 Å². The summed E-state index contributed by atoms with van der Waals surface area (Å²) in [4.78, 5) is 12.4. The predicted octanol–water partition coefficient (Wildman–Crippen LogP) is 4.59. The number of hydrogen-bond acceptors (Lipinski definition) is 3. The maximum atomic E-state index is 12.4. The van der Waals surface area contributed by atoms with E-state index in [0.717, 1.165) is 27.7 Å². The quantitative estimate of drug-likeness (QED) is 0.528. The number of ether oxygens (including phenoxy) is 1. The molecule has 0 bridgehead atoms. The van der Waals surface area contributed by atoms with Gasteiger partial charge >= 0.3 is 0 Å². The maximum absolute atomic E-state index is 12.4. The van der Waals surface area contributed by atoms with Gasteiger partial charge in [-0.15, -0.1) is 0 Å². The molecule has 5 heteroatoms. The molecular formula is C24H23N3O2. The number of para-hydroxylation sites is 1. The molecule has 0 saturated heterocycles. The molecule has 1 aromatic heterocycles. The van der Waals surface area contributed by atoms with Gasteiger partial charge < -0.3 is 10.1 Å². The minimum absolute atomic E-state index is 0.0332. The molecule has 0 saturated carbocycles. The molecule has 1 N–H and O–H groups in total. The average molecular weight is 385 g/mol. The molecule has 4 aromatic rings. The number of rotatable bonds is 6. The number of amides is 1. The number of carbonyl (C=O) groups excluding carboxylic acids is 1. The summed E-state index contributed by atoms with van der Waals surface area (Å²) in [6, 6.07) is 23.6. The first kappa shape index (κ1) is 18.7. The van der Waals surface area contributed by atoms with Gasteiger partial charge in [0.05, 0.1) is 17.9 Å².